The van der Waals surface area contributed by atoms with E-state index in [-0.39, 0.29) is 24.8 Å². The number of likely N-dealkylation sites (N-methyl/N-ethyl adjacent to an activating group) is 1. The van der Waals surface area contributed by atoms with Crippen molar-refractivity contribution >= 4 is 28.3 Å². The van der Waals surface area contributed by atoms with Crippen molar-refractivity contribution < 1.29 is 14.3 Å². The number of nitrogens with two attached hydrogens (primary N) is 1. The van der Waals surface area contributed by atoms with E-state index >= 15 is 0 Å². The molecule has 0 saturated carbocycles. The molecule has 0 unspecified atom stereocenters. The molecule has 0 aliphatic carbocycles. The molecule has 20 heavy (non-hydrogen) atoms. The molecule has 0 spiro atoms. The van der Waals surface area contributed by atoms with Crippen molar-refractivity contribution in [1.29, 1.82) is 0 Å². The second-order valence-electron chi connectivity index (χ2n) is 4.30. The van der Waals surface area contributed by atoms with Gasteiger partial charge in [0, 0.05) is 32.7 Å². The van der Waals surface area contributed by atoms with Gasteiger partial charge in [-0.25, -0.2) is 4.98 Å². The van der Waals surface area contributed by atoms with E-state index in [0.717, 1.165) is 6.42 Å². The summed E-state index contributed by atoms with van der Waals surface area (Å²) in [6.07, 6.45) is 0.902. The average molecular weight is 300 g/mol. The summed E-state index contributed by atoms with van der Waals surface area (Å²) in [6.45, 7) is 1.17. The lowest BCUT2D eigenvalue weighted by atomic mass is 10.3. The third-order valence-corrected chi connectivity index (χ3v) is 3.28. The summed E-state index contributed by atoms with van der Waals surface area (Å²) in [5.41, 5.74) is 6.13. The lowest BCUT2D eigenvalue weighted by molar-refractivity contribution is -0.134. The van der Waals surface area contributed by atoms with Gasteiger partial charge in [-0.3, -0.25) is 9.59 Å². The molecule has 3 N–H and O–H groups in total. The van der Waals surface area contributed by atoms with Gasteiger partial charge >= 0.3 is 0 Å². The lowest BCUT2D eigenvalue weighted by Gasteiger charge is -2.16. The van der Waals surface area contributed by atoms with E-state index in [4.69, 9.17) is 10.5 Å². The number of anilines is 1. The van der Waals surface area contributed by atoms with Gasteiger partial charge in [0.15, 0.2) is 5.13 Å². The lowest BCUT2D eigenvalue weighted by Crippen LogP contribution is -2.39. The summed E-state index contributed by atoms with van der Waals surface area (Å²) in [7, 11) is 3.20. The number of nitrogens with one attached hydrogen (secondary N) is 1. The van der Waals surface area contributed by atoms with Crippen LogP contribution in [0.25, 0.3) is 0 Å². The zero-order chi connectivity index (χ0) is 15.0. The maximum absolute atomic E-state index is 11.9. The predicted molar refractivity (Wildman–Crippen MR) is 77.4 cm³/mol. The van der Waals surface area contributed by atoms with Crippen LogP contribution in [0.3, 0.4) is 0 Å². The van der Waals surface area contributed by atoms with Crippen LogP contribution in [0.5, 0.6) is 0 Å². The number of hydrogen-bond donors (Lipinski definition) is 2. The summed E-state index contributed by atoms with van der Waals surface area (Å²) in [5, 5.41) is 4.90. The molecule has 0 aromatic carbocycles. The normalized spacial score (nSPS) is 10.3. The summed E-state index contributed by atoms with van der Waals surface area (Å²) in [6, 6.07) is 0. The largest absolute Gasteiger partial charge is 0.385 e. The zero-order valence-corrected chi connectivity index (χ0v) is 12.5. The van der Waals surface area contributed by atoms with Crippen LogP contribution in [0.15, 0.2) is 5.38 Å². The van der Waals surface area contributed by atoms with Crippen LogP contribution in [-0.2, 0) is 20.7 Å². The summed E-state index contributed by atoms with van der Waals surface area (Å²) in [4.78, 5) is 28.9. The highest BCUT2D eigenvalue weighted by Gasteiger charge is 2.14. The molecule has 0 aliphatic heterocycles. The van der Waals surface area contributed by atoms with Gasteiger partial charge in [-0.2, -0.15) is 0 Å². The first-order chi connectivity index (χ1) is 9.52. The van der Waals surface area contributed by atoms with Crippen LogP contribution < -0.4 is 11.1 Å². The molecule has 1 aromatic rings. The average Bonchev–Trinajstić information content (AvgIpc) is 2.80. The van der Waals surface area contributed by atoms with Gasteiger partial charge in [-0.1, -0.05) is 0 Å². The molecule has 0 bridgehead atoms. The van der Waals surface area contributed by atoms with Crippen molar-refractivity contribution in [3.05, 3.63) is 11.1 Å². The number of nitrogen functional groups attached to an aromatic ring is 1. The Kier molecular flexibility index (Phi) is 6.96. The molecule has 2 amide bonds. The van der Waals surface area contributed by atoms with E-state index in [9.17, 15) is 9.59 Å². The Morgan fingerprint density at radius 2 is 2.30 bits per heavy atom. The van der Waals surface area contributed by atoms with Crippen LogP contribution in [-0.4, -0.2) is 55.6 Å². The monoisotopic (exact) mass is 300 g/mol. The molecular weight excluding hydrogens is 280 g/mol. The smallest absolute Gasteiger partial charge is 0.239 e. The molecule has 8 heteroatoms. The molecule has 0 saturated heterocycles. The van der Waals surface area contributed by atoms with Crippen molar-refractivity contribution in [2.45, 2.75) is 12.8 Å². The van der Waals surface area contributed by atoms with E-state index in [1.165, 1.54) is 16.2 Å². The Hall–Kier alpha value is -1.67. The van der Waals surface area contributed by atoms with Crippen LogP contribution >= 0.6 is 11.3 Å². The fraction of sp³-hybridized carbons (Fsp3) is 0.583. The van der Waals surface area contributed by atoms with E-state index in [1.54, 1.807) is 19.5 Å². The molecule has 7 nitrogen and oxygen atoms in total. The number of amides is 2. The topological polar surface area (TPSA) is 97.5 Å². The summed E-state index contributed by atoms with van der Waals surface area (Å²) >= 11 is 1.29. The number of thiazole rings is 1. The van der Waals surface area contributed by atoms with E-state index in [2.05, 4.69) is 10.3 Å². The molecular formula is C12H20N4O3S. The molecule has 112 valence electrons. The Balaban J connectivity index is 2.28. The minimum atomic E-state index is -0.185. The first-order valence-electron chi connectivity index (χ1n) is 6.22. The number of aromatic nitrogens is 1. The van der Waals surface area contributed by atoms with Crippen LogP contribution in [0.2, 0.25) is 0 Å². The molecule has 0 fully saturated rings. The molecule has 0 aliphatic rings. The first-order valence-corrected chi connectivity index (χ1v) is 7.10. The molecule has 0 atom stereocenters. The second kappa shape index (κ2) is 8.49. The number of hydrogen-bond acceptors (Lipinski definition) is 6. The van der Waals surface area contributed by atoms with E-state index in [1.807, 2.05) is 0 Å². The molecule has 1 heterocycles. The minimum Gasteiger partial charge on any atom is -0.385 e. The molecule has 1 aromatic heterocycles. The van der Waals surface area contributed by atoms with Gasteiger partial charge in [-0.15, -0.1) is 11.3 Å². The summed E-state index contributed by atoms with van der Waals surface area (Å²) in [5.74, 6) is -0.350. The highest BCUT2D eigenvalue weighted by Crippen LogP contribution is 2.11. The van der Waals surface area contributed by atoms with E-state index < -0.39 is 0 Å². The van der Waals surface area contributed by atoms with Gasteiger partial charge in [0.2, 0.25) is 11.8 Å². The molecule has 1 rings (SSSR count). The molecule has 0 radical (unpaired) electrons. The van der Waals surface area contributed by atoms with Crippen molar-refractivity contribution in [3.8, 4) is 0 Å². The van der Waals surface area contributed by atoms with Crippen molar-refractivity contribution in [2.75, 3.05) is 39.6 Å². The fourth-order valence-electron chi connectivity index (χ4n) is 1.50. The Morgan fingerprint density at radius 3 is 2.90 bits per heavy atom. The Bertz CT molecular complexity index is 450. The van der Waals surface area contributed by atoms with Crippen molar-refractivity contribution in [1.82, 2.24) is 15.2 Å². The Labute approximate surface area is 122 Å². The highest BCUT2D eigenvalue weighted by molar-refractivity contribution is 7.13. The van der Waals surface area contributed by atoms with Crippen molar-refractivity contribution in [3.63, 3.8) is 0 Å². The van der Waals surface area contributed by atoms with Crippen LogP contribution in [0.4, 0.5) is 5.13 Å². The van der Waals surface area contributed by atoms with Crippen LogP contribution in [0, 0.1) is 0 Å². The predicted octanol–water partition coefficient (Wildman–Crippen LogP) is -0.121. The number of ether oxygens (including phenoxy) is 1. The third-order valence-electron chi connectivity index (χ3n) is 2.56. The third kappa shape index (κ3) is 5.98. The maximum Gasteiger partial charge on any atom is 0.239 e. The maximum atomic E-state index is 11.9. The van der Waals surface area contributed by atoms with Crippen LogP contribution in [0.1, 0.15) is 12.1 Å². The van der Waals surface area contributed by atoms with Gasteiger partial charge in [0.05, 0.1) is 18.7 Å². The quantitative estimate of drug-likeness (QED) is 0.652. The standard InChI is InChI=1S/C12H20N4O3S/c1-16(7-10(17)14-4-3-5-19-2)11(18)6-9-8-20-12(13)15-9/h8H,3-7H2,1-2H3,(H2,13,15)(H,14,17). The number of carbonyl (C=O) groups is 2. The van der Waals surface area contributed by atoms with Crippen molar-refractivity contribution in [2.24, 2.45) is 0 Å². The van der Waals surface area contributed by atoms with Gasteiger partial charge in [0.1, 0.15) is 0 Å². The zero-order valence-electron chi connectivity index (χ0n) is 11.7. The number of carbonyl (C=O) groups excluding carboxylic acids is 2. The van der Waals surface area contributed by atoms with Gasteiger partial charge < -0.3 is 20.7 Å². The Morgan fingerprint density at radius 1 is 1.55 bits per heavy atom. The number of methoxy groups -OCH3 is 1. The summed E-state index contributed by atoms with van der Waals surface area (Å²) < 4.78 is 4.88. The number of rotatable bonds is 8. The SMILES string of the molecule is COCCCNC(=O)CN(C)C(=O)Cc1csc(N)n1. The van der Waals surface area contributed by atoms with Gasteiger partial charge in [-0.05, 0) is 6.42 Å². The first kappa shape index (κ1) is 16.4. The minimum absolute atomic E-state index is 0.0332. The fourth-order valence-corrected chi connectivity index (χ4v) is 2.06. The highest BCUT2D eigenvalue weighted by atomic mass is 32.1. The van der Waals surface area contributed by atoms with Gasteiger partial charge in [0.25, 0.3) is 0 Å². The number of nitrogens with zero attached hydrogens (tertiary/aromatic N) is 2. The van der Waals surface area contributed by atoms with E-state index in [0.29, 0.717) is 24.0 Å². The second-order valence-corrected chi connectivity index (χ2v) is 5.19.